The summed E-state index contributed by atoms with van der Waals surface area (Å²) in [6, 6.07) is 11.0. The quantitative estimate of drug-likeness (QED) is 0.440. The number of anilines is 1. The summed E-state index contributed by atoms with van der Waals surface area (Å²) in [5, 5.41) is 15.8. The zero-order valence-electron chi connectivity index (χ0n) is 14.3. The zero-order valence-corrected chi connectivity index (χ0v) is 15.1. The first-order chi connectivity index (χ1) is 12.6. The average molecular weight is 371 g/mol. The Hall–Kier alpha value is -2.53. The van der Waals surface area contributed by atoms with Gasteiger partial charge < -0.3 is 10.1 Å². The second-order valence-electron chi connectivity index (χ2n) is 6.59. The first-order valence-corrected chi connectivity index (χ1v) is 9.10. The predicted molar refractivity (Wildman–Crippen MR) is 102 cm³/mol. The van der Waals surface area contributed by atoms with E-state index in [2.05, 4.69) is 17.5 Å². The molecule has 0 saturated heterocycles. The molecule has 0 saturated carbocycles. The molecule has 0 radical (unpaired) electrons. The van der Waals surface area contributed by atoms with Gasteiger partial charge >= 0.3 is 0 Å². The molecule has 26 heavy (non-hydrogen) atoms. The van der Waals surface area contributed by atoms with E-state index in [1.165, 1.54) is 6.07 Å². The molecule has 0 bridgehead atoms. The van der Waals surface area contributed by atoms with E-state index in [1.807, 2.05) is 37.3 Å². The summed E-state index contributed by atoms with van der Waals surface area (Å²) < 4.78 is 5.56. The molecule has 3 atom stereocenters. The smallest absolute Gasteiger partial charge is 0.296 e. The van der Waals surface area contributed by atoms with Gasteiger partial charge in [0.1, 0.15) is 11.4 Å². The molecule has 1 aliphatic heterocycles. The summed E-state index contributed by atoms with van der Waals surface area (Å²) in [6.45, 7) is 2.34. The van der Waals surface area contributed by atoms with E-state index in [1.54, 1.807) is 0 Å². The number of hydrogen-bond acceptors (Lipinski definition) is 4. The predicted octanol–water partition coefficient (Wildman–Crippen LogP) is 5.47. The highest BCUT2D eigenvalue weighted by molar-refractivity contribution is 6.31. The van der Waals surface area contributed by atoms with Crippen LogP contribution in [-0.4, -0.2) is 11.5 Å². The van der Waals surface area contributed by atoms with Crippen molar-refractivity contribution in [3.63, 3.8) is 0 Å². The van der Waals surface area contributed by atoms with E-state index in [4.69, 9.17) is 16.3 Å². The van der Waals surface area contributed by atoms with Gasteiger partial charge in [-0.2, -0.15) is 0 Å². The first kappa shape index (κ1) is 16.9. The molecule has 2 aromatic rings. The SMILES string of the molecule is CCOc1cc2c(c([N+](=O)[O-])c1)N[C@@H](c1ccccc1Cl)[C@H]1CC=C[C@H]21. The third-order valence-electron chi connectivity index (χ3n) is 5.17. The summed E-state index contributed by atoms with van der Waals surface area (Å²) >= 11 is 6.43. The monoisotopic (exact) mass is 370 g/mol. The van der Waals surface area contributed by atoms with Gasteiger partial charge in [0, 0.05) is 10.9 Å². The first-order valence-electron chi connectivity index (χ1n) is 8.73. The Morgan fingerprint density at radius 2 is 2.12 bits per heavy atom. The molecule has 5 nitrogen and oxygen atoms in total. The Morgan fingerprint density at radius 1 is 1.31 bits per heavy atom. The standard InChI is InChI=1S/C20H19ClN2O3/c1-2-26-12-10-16-13-7-5-8-14(13)19(15-6-3-4-9-17(15)21)22-20(16)18(11-12)23(24)25/h3-7,9-11,13-14,19,22H,2,8H2,1H3/t13-,14-,19+/m0/s1. The summed E-state index contributed by atoms with van der Waals surface area (Å²) in [5.41, 5.74) is 2.50. The lowest BCUT2D eigenvalue weighted by molar-refractivity contribution is -0.384. The lowest BCUT2D eigenvalue weighted by Gasteiger charge is -2.37. The van der Waals surface area contributed by atoms with Crippen LogP contribution in [0.15, 0.2) is 48.6 Å². The highest BCUT2D eigenvalue weighted by Gasteiger charge is 2.41. The number of nitrogens with one attached hydrogen (secondary N) is 1. The number of nitro benzene ring substituents is 1. The summed E-state index contributed by atoms with van der Waals surface area (Å²) in [4.78, 5) is 11.3. The van der Waals surface area contributed by atoms with Crippen LogP contribution in [0.2, 0.25) is 5.02 Å². The molecule has 0 unspecified atom stereocenters. The number of benzene rings is 2. The van der Waals surface area contributed by atoms with E-state index >= 15 is 0 Å². The van der Waals surface area contributed by atoms with Crippen molar-refractivity contribution in [1.29, 1.82) is 0 Å². The Morgan fingerprint density at radius 3 is 2.85 bits per heavy atom. The molecule has 134 valence electrons. The largest absolute Gasteiger partial charge is 0.494 e. The normalized spacial score (nSPS) is 23.1. The molecule has 1 heterocycles. The molecule has 0 amide bonds. The van der Waals surface area contributed by atoms with Gasteiger partial charge in [-0.05, 0) is 42.5 Å². The minimum Gasteiger partial charge on any atom is -0.494 e. The minimum absolute atomic E-state index is 0.0433. The Labute approximate surface area is 156 Å². The molecular weight excluding hydrogens is 352 g/mol. The summed E-state index contributed by atoms with van der Waals surface area (Å²) in [5.74, 6) is 0.903. The number of fused-ring (bicyclic) bond motifs is 3. The highest BCUT2D eigenvalue weighted by atomic mass is 35.5. The topological polar surface area (TPSA) is 64.4 Å². The molecule has 2 aliphatic rings. The molecule has 1 aliphatic carbocycles. The van der Waals surface area contributed by atoms with Crippen LogP contribution in [0.1, 0.15) is 36.4 Å². The third kappa shape index (κ3) is 2.72. The molecule has 0 fully saturated rings. The van der Waals surface area contributed by atoms with Crippen LogP contribution >= 0.6 is 11.6 Å². The van der Waals surface area contributed by atoms with Crippen LogP contribution in [0, 0.1) is 16.0 Å². The maximum atomic E-state index is 11.7. The Kier molecular flexibility index (Phi) is 4.32. The van der Waals surface area contributed by atoms with Gasteiger partial charge in [0.2, 0.25) is 0 Å². The van der Waals surface area contributed by atoms with Crippen molar-refractivity contribution in [3.05, 3.63) is 74.8 Å². The Bertz CT molecular complexity index is 897. The van der Waals surface area contributed by atoms with Gasteiger partial charge in [0.15, 0.2) is 0 Å². The maximum absolute atomic E-state index is 11.7. The lowest BCUT2D eigenvalue weighted by atomic mass is 9.76. The maximum Gasteiger partial charge on any atom is 0.296 e. The van der Waals surface area contributed by atoms with Crippen molar-refractivity contribution >= 4 is 23.0 Å². The van der Waals surface area contributed by atoms with Crippen LogP contribution in [0.3, 0.4) is 0 Å². The van der Waals surface area contributed by atoms with Crippen LogP contribution in [0.25, 0.3) is 0 Å². The number of nitrogens with zero attached hydrogens (tertiary/aromatic N) is 1. The number of ether oxygens (including phenoxy) is 1. The molecule has 4 rings (SSSR count). The van der Waals surface area contributed by atoms with E-state index in [0.717, 1.165) is 17.5 Å². The molecule has 0 spiro atoms. The zero-order chi connectivity index (χ0) is 18.3. The number of hydrogen-bond donors (Lipinski definition) is 1. The average Bonchev–Trinajstić information content (AvgIpc) is 3.11. The number of rotatable bonds is 4. The second kappa shape index (κ2) is 6.65. The summed E-state index contributed by atoms with van der Waals surface area (Å²) in [6.07, 6.45) is 5.20. The fraction of sp³-hybridized carbons (Fsp3) is 0.300. The van der Waals surface area contributed by atoms with Crippen molar-refractivity contribution in [1.82, 2.24) is 0 Å². The van der Waals surface area contributed by atoms with Crippen molar-refractivity contribution in [2.24, 2.45) is 5.92 Å². The van der Waals surface area contributed by atoms with Crippen molar-refractivity contribution in [2.75, 3.05) is 11.9 Å². The van der Waals surface area contributed by atoms with Gasteiger partial charge in [-0.15, -0.1) is 0 Å². The molecule has 1 N–H and O–H groups in total. The number of nitro groups is 1. The van der Waals surface area contributed by atoms with Gasteiger partial charge in [-0.1, -0.05) is 42.0 Å². The molecule has 0 aromatic heterocycles. The van der Waals surface area contributed by atoms with Gasteiger partial charge in [-0.3, -0.25) is 10.1 Å². The van der Waals surface area contributed by atoms with Crippen LogP contribution in [0.5, 0.6) is 5.75 Å². The van der Waals surface area contributed by atoms with Crippen LogP contribution in [0.4, 0.5) is 11.4 Å². The van der Waals surface area contributed by atoms with Crippen molar-refractivity contribution < 1.29 is 9.66 Å². The molecule has 6 heteroatoms. The van der Waals surface area contributed by atoms with Crippen LogP contribution in [-0.2, 0) is 0 Å². The van der Waals surface area contributed by atoms with E-state index in [0.29, 0.717) is 23.1 Å². The van der Waals surface area contributed by atoms with E-state index in [9.17, 15) is 10.1 Å². The highest BCUT2D eigenvalue weighted by Crippen LogP contribution is 2.53. The fourth-order valence-electron chi connectivity index (χ4n) is 4.08. The fourth-order valence-corrected chi connectivity index (χ4v) is 4.34. The van der Waals surface area contributed by atoms with E-state index < -0.39 is 0 Å². The second-order valence-corrected chi connectivity index (χ2v) is 7.00. The van der Waals surface area contributed by atoms with Gasteiger partial charge in [0.05, 0.1) is 23.6 Å². The third-order valence-corrected chi connectivity index (χ3v) is 5.51. The minimum atomic E-state index is -0.350. The van der Waals surface area contributed by atoms with E-state index in [-0.39, 0.29) is 28.5 Å². The van der Waals surface area contributed by atoms with Crippen molar-refractivity contribution in [2.45, 2.75) is 25.3 Å². The Balaban J connectivity index is 1.87. The number of allylic oxidation sites excluding steroid dienone is 2. The van der Waals surface area contributed by atoms with Crippen molar-refractivity contribution in [3.8, 4) is 5.75 Å². The van der Waals surface area contributed by atoms with Gasteiger partial charge in [0.25, 0.3) is 5.69 Å². The number of halogens is 1. The molecule has 2 aromatic carbocycles. The molecular formula is C20H19ClN2O3. The summed E-state index contributed by atoms with van der Waals surface area (Å²) in [7, 11) is 0. The van der Waals surface area contributed by atoms with Crippen LogP contribution < -0.4 is 10.1 Å². The lowest BCUT2D eigenvalue weighted by Crippen LogP contribution is -2.29. The van der Waals surface area contributed by atoms with Gasteiger partial charge in [-0.25, -0.2) is 0 Å².